The summed E-state index contributed by atoms with van der Waals surface area (Å²) in [4.78, 5) is 91.2. The first-order valence-corrected chi connectivity index (χ1v) is 16.9. The third-order valence-electron chi connectivity index (χ3n) is 8.54. The highest BCUT2D eigenvalue weighted by atomic mass is 16.4. The maximum Gasteiger partial charge on any atom is 0.326 e. The van der Waals surface area contributed by atoms with Gasteiger partial charge in [0.25, 0.3) is 0 Å². The first-order chi connectivity index (χ1) is 22.4. The van der Waals surface area contributed by atoms with Crippen molar-refractivity contribution in [3.63, 3.8) is 0 Å². The van der Waals surface area contributed by atoms with Crippen molar-refractivity contribution in [3.05, 3.63) is 0 Å². The molecule has 0 unspecified atom stereocenters. The van der Waals surface area contributed by atoms with Crippen molar-refractivity contribution in [1.82, 2.24) is 26.2 Å². The lowest BCUT2D eigenvalue weighted by molar-refractivity contribution is -0.147. The normalized spacial score (nSPS) is 18.3. The highest BCUT2D eigenvalue weighted by Crippen LogP contribution is 2.20. The van der Waals surface area contributed by atoms with Crippen LogP contribution in [-0.4, -0.2) is 106 Å². The second kappa shape index (κ2) is 20.5. The van der Waals surface area contributed by atoms with Gasteiger partial charge in [0.1, 0.15) is 30.2 Å². The van der Waals surface area contributed by atoms with E-state index >= 15 is 0 Å². The molecule has 1 aliphatic heterocycles. The number of rotatable bonds is 21. The Morgan fingerprint density at radius 1 is 0.833 bits per heavy atom. The number of nitrogens with two attached hydrogens (primary N) is 2. The molecule has 0 aromatic rings. The zero-order valence-electron chi connectivity index (χ0n) is 29.1. The summed E-state index contributed by atoms with van der Waals surface area (Å²) in [6.45, 7) is 11.2. The number of carboxylic acid groups (broad SMARTS) is 2. The Morgan fingerprint density at radius 2 is 1.46 bits per heavy atom. The fraction of sp³-hybridized carbons (Fsp3) is 0.781. The molecule has 0 aliphatic carbocycles. The first-order valence-electron chi connectivity index (χ1n) is 16.9. The maximum absolute atomic E-state index is 13.7. The lowest BCUT2D eigenvalue weighted by Gasteiger charge is -2.31. The van der Waals surface area contributed by atoms with E-state index in [0.29, 0.717) is 32.2 Å². The zero-order valence-corrected chi connectivity index (χ0v) is 29.1. The summed E-state index contributed by atoms with van der Waals surface area (Å²) in [7, 11) is 0. The van der Waals surface area contributed by atoms with Crippen LogP contribution in [0, 0.1) is 17.8 Å². The topological polar surface area (TPSA) is 263 Å². The molecule has 0 radical (unpaired) electrons. The predicted octanol–water partition coefficient (Wildman–Crippen LogP) is -0.320. The Balaban J connectivity index is 3.16. The predicted molar refractivity (Wildman–Crippen MR) is 177 cm³/mol. The highest BCUT2D eigenvalue weighted by Gasteiger charge is 2.40. The SMILES string of the molecule is CC[C@H](C)[C@H](N)C(=O)N[C@@H](CC(C)C)C(=O)N[C@H](C(=O)N[C@@H](CC(=O)O)C(=O)N1CCC[C@H]1C(=O)N[C@@H](CCCCN)C(=O)O)C(C)C. The van der Waals surface area contributed by atoms with E-state index in [1.165, 1.54) is 0 Å². The number of carbonyl (C=O) groups is 7. The van der Waals surface area contributed by atoms with Crippen molar-refractivity contribution >= 4 is 41.5 Å². The number of carbonyl (C=O) groups excluding carboxylic acids is 5. The molecule has 1 heterocycles. The molecule has 0 saturated carbocycles. The number of nitrogens with one attached hydrogen (secondary N) is 4. The third kappa shape index (κ3) is 13.4. The number of hydrogen-bond acceptors (Lipinski definition) is 9. The molecule has 16 nitrogen and oxygen atoms in total. The van der Waals surface area contributed by atoms with Gasteiger partial charge in [0.15, 0.2) is 0 Å². The average molecular weight is 684 g/mol. The summed E-state index contributed by atoms with van der Waals surface area (Å²) in [6.07, 6.45) is 1.91. The molecule has 0 spiro atoms. The molecule has 0 aromatic heterocycles. The Labute approximate surface area is 282 Å². The van der Waals surface area contributed by atoms with Crippen LogP contribution in [0.2, 0.25) is 0 Å². The Hall–Kier alpha value is -3.79. The molecule has 5 amide bonds. The van der Waals surface area contributed by atoms with Crippen LogP contribution < -0.4 is 32.7 Å². The smallest absolute Gasteiger partial charge is 0.326 e. The largest absolute Gasteiger partial charge is 0.481 e. The van der Waals surface area contributed by atoms with Gasteiger partial charge >= 0.3 is 11.9 Å². The molecule has 16 heteroatoms. The molecule has 48 heavy (non-hydrogen) atoms. The van der Waals surface area contributed by atoms with Crippen molar-refractivity contribution in [1.29, 1.82) is 0 Å². The summed E-state index contributed by atoms with van der Waals surface area (Å²) in [5.41, 5.74) is 11.5. The van der Waals surface area contributed by atoms with Crippen molar-refractivity contribution in [3.8, 4) is 0 Å². The number of likely N-dealkylation sites (tertiary alicyclic amines) is 1. The number of aliphatic carboxylic acids is 2. The molecular formula is C32H57N7O9. The summed E-state index contributed by atoms with van der Waals surface area (Å²) in [5, 5.41) is 29.4. The van der Waals surface area contributed by atoms with Gasteiger partial charge in [0.05, 0.1) is 12.5 Å². The average Bonchev–Trinajstić information content (AvgIpc) is 3.50. The Morgan fingerprint density at radius 3 is 1.98 bits per heavy atom. The van der Waals surface area contributed by atoms with Crippen LogP contribution in [0.15, 0.2) is 0 Å². The zero-order chi connectivity index (χ0) is 36.7. The van der Waals surface area contributed by atoms with E-state index in [1.54, 1.807) is 13.8 Å². The summed E-state index contributed by atoms with van der Waals surface area (Å²) in [6, 6.07) is -6.90. The molecule has 1 fully saturated rings. The van der Waals surface area contributed by atoms with Crippen molar-refractivity contribution < 1.29 is 43.8 Å². The second-order valence-electron chi connectivity index (χ2n) is 13.4. The van der Waals surface area contributed by atoms with E-state index in [2.05, 4.69) is 21.3 Å². The lowest BCUT2D eigenvalue weighted by Crippen LogP contribution is -2.60. The summed E-state index contributed by atoms with van der Waals surface area (Å²) >= 11 is 0. The number of hydrogen-bond donors (Lipinski definition) is 8. The van der Waals surface area contributed by atoms with Gasteiger partial charge < -0.3 is 47.8 Å². The van der Waals surface area contributed by atoms with Crippen LogP contribution in [0.4, 0.5) is 0 Å². The standard InChI is InChI=1S/C32H57N7O9/c1-7-19(6)25(34)29(44)36-21(15-17(2)3)27(42)38-26(18(4)5)30(45)37-22(16-24(40)41)31(46)39-14-10-12-23(39)28(43)35-20(32(47)48)11-8-9-13-33/h17-23,25-26H,7-16,33-34H2,1-6H3,(H,35,43)(H,36,44)(H,37,45)(H,38,42)(H,40,41)(H,47,48)/t19-,20-,21-,22-,23-,25-,26-/m0/s1. The highest BCUT2D eigenvalue weighted by molar-refractivity contribution is 5.97. The van der Waals surface area contributed by atoms with Gasteiger partial charge in [0.2, 0.25) is 29.5 Å². The number of nitrogens with zero attached hydrogens (tertiary/aromatic N) is 1. The van der Waals surface area contributed by atoms with Gasteiger partial charge in [0, 0.05) is 6.54 Å². The quantitative estimate of drug-likeness (QED) is 0.0727. The van der Waals surface area contributed by atoms with Crippen LogP contribution in [0.25, 0.3) is 0 Å². The third-order valence-corrected chi connectivity index (χ3v) is 8.54. The van der Waals surface area contributed by atoms with Gasteiger partial charge in [-0.25, -0.2) is 4.79 Å². The van der Waals surface area contributed by atoms with Crippen molar-refractivity contribution in [2.45, 2.75) is 129 Å². The van der Waals surface area contributed by atoms with Gasteiger partial charge in [-0.1, -0.05) is 48.0 Å². The van der Waals surface area contributed by atoms with E-state index in [4.69, 9.17) is 11.5 Å². The Bertz CT molecular complexity index is 1130. The van der Waals surface area contributed by atoms with E-state index in [9.17, 15) is 43.8 Å². The van der Waals surface area contributed by atoms with Crippen LogP contribution in [-0.2, 0) is 33.6 Å². The van der Waals surface area contributed by atoms with Gasteiger partial charge in [-0.05, 0) is 62.8 Å². The van der Waals surface area contributed by atoms with Gasteiger partial charge in [-0.3, -0.25) is 28.8 Å². The first kappa shape index (κ1) is 42.2. The number of unbranched alkanes of at least 4 members (excludes halogenated alkanes) is 1. The molecule has 10 N–H and O–H groups in total. The minimum atomic E-state index is -1.58. The second-order valence-corrected chi connectivity index (χ2v) is 13.4. The van der Waals surface area contributed by atoms with Crippen molar-refractivity contribution in [2.24, 2.45) is 29.2 Å². The fourth-order valence-corrected chi connectivity index (χ4v) is 5.43. The van der Waals surface area contributed by atoms with Crippen LogP contribution in [0.1, 0.15) is 92.9 Å². The van der Waals surface area contributed by atoms with Crippen LogP contribution in [0.5, 0.6) is 0 Å². The lowest BCUT2D eigenvalue weighted by atomic mass is 9.97. The molecular weight excluding hydrogens is 626 g/mol. The van der Waals surface area contributed by atoms with Crippen LogP contribution >= 0.6 is 0 Å². The van der Waals surface area contributed by atoms with Crippen molar-refractivity contribution in [2.75, 3.05) is 13.1 Å². The molecule has 7 atom stereocenters. The molecule has 0 bridgehead atoms. The number of amides is 5. The number of carboxylic acids is 2. The van der Waals surface area contributed by atoms with Gasteiger partial charge in [-0.2, -0.15) is 0 Å². The van der Waals surface area contributed by atoms with E-state index in [1.807, 2.05) is 27.7 Å². The Kier molecular flexibility index (Phi) is 18.1. The maximum atomic E-state index is 13.7. The van der Waals surface area contributed by atoms with E-state index in [-0.39, 0.29) is 37.6 Å². The van der Waals surface area contributed by atoms with Gasteiger partial charge in [-0.15, -0.1) is 0 Å². The molecule has 1 rings (SSSR count). The van der Waals surface area contributed by atoms with E-state index < -0.39 is 90.1 Å². The summed E-state index contributed by atoms with van der Waals surface area (Å²) < 4.78 is 0. The van der Waals surface area contributed by atoms with E-state index in [0.717, 1.165) is 4.90 Å². The minimum Gasteiger partial charge on any atom is -0.481 e. The minimum absolute atomic E-state index is 0.00732. The molecule has 1 saturated heterocycles. The summed E-state index contributed by atoms with van der Waals surface area (Å²) in [5.74, 6) is -6.75. The monoisotopic (exact) mass is 683 g/mol. The fourth-order valence-electron chi connectivity index (χ4n) is 5.43. The molecule has 0 aromatic carbocycles. The molecule has 1 aliphatic rings. The molecule has 274 valence electrons. The van der Waals surface area contributed by atoms with Crippen LogP contribution in [0.3, 0.4) is 0 Å².